The van der Waals surface area contributed by atoms with Crippen molar-refractivity contribution in [2.75, 3.05) is 25.7 Å². The molecule has 1 fully saturated rings. The monoisotopic (exact) mass is 771 g/mol. The molecule has 280 valence electrons. The molecule has 2 heterocycles. The summed E-state index contributed by atoms with van der Waals surface area (Å²) in [7, 11) is 3.05. The van der Waals surface area contributed by atoms with Crippen LogP contribution in [-0.2, 0) is 20.7 Å². The van der Waals surface area contributed by atoms with E-state index in [1.54, 1.807) is 24.3 Å². The van der Waals surface area contributed by atoms with E-state index in [-0.39, 0.29) is 34.0 Å². The van der Waals surface area contributed by atoms with Gasteiger partial charge in [0, 0.05) is 28.7 Å². The van der Waals surface area contributed by atoms with Crippen molar-refractivity contribution in [2.24, 2.45) is 0 Å². The fraction of sp³-hybridized carbons (Fsp3) is 0.130. The Hall–Kier alpha value is -7.03. The summed E-state index contributed by atoms with van der Waals surface area (Å²) in [6.45, 7) is -0.440. The van der Waals surface area contributed by atoms with Gasteiger partial charge in [-0.3, -0.25) is 14.4 Å². The standard InChI is InChI=1S/C46H33N3O7S/c1-54-40-14-8-13-35(43(40)55-2)36-23-38(27-9-4-3-5-10-27)48-44(37(36)25-47)57-41-24-42(51)49(45(41)52)32-18-15-28(16-19-32)46(53)56-26-39(50)30-17-20-34-31(22-30)21-29-11-6-7-12-33(29)34/h3-20,22-23,41H,21,24,26H2,1-2H3. The number of pyridine rings is 1. The Morgan fingerprint density at radius 1 is 0.789 bits per heavy atom. The number of hydrogen-bond acceptors (Lipinski definition) is 10. The second kappa shape index (κ2) is 15.6. The number of anilines is 1. The lowest BCUT2D eigenvalue weighted by molar-refractivity contribution is -0.121. The fourth-order valence-corrected chi connectivity index (χ4v) is 8.37. The van der Waals surface area contributed by atoms with Crippen LogP contribution in [0.3, 0.4) is 0 Å². The molecule has 8 rings (SSSR count). The average Bonchev–Trinajstić information content (AvgIpc) is 3.76. The Morgan fingerprint density at radius 2 is 1.51 bits per heavy atom. The van der Waals surface area contributed by atoms with E-state index in [0.29, 0.717) is 33.9 Å². The van der Waals surface area contributed by atoms with Crippen molar-refractivity contribution < 1.29 is 33.4 Å². The molecule has 0 N–H and O–H groups in total. The summed E-state index contributed by atoms with van der Waals surface area (Å²) in [4.78, 5) is 59.1. The van der Waals surface area contributed by atoms with Gasteiger partial charge in [0.25, 0.3) is 0 Å². The largest absolute Gasteiger partial charge is 0.493 e. The number of amides is 2. The lowest BCUT2D eigenvalue weighted by Gasteiger charge is -2.18. The number of methoxy groups -OCH3 is 2. The van der Waals surface area contributed by atoms with Gasteiger partial charge in [0.15, 0.2) is 23.9 Å². The number of Topliss-reactive ketones (excluding diaryl/α,β-unsaturated/α-hetero) is 1. The minimum atomic E-state index is -0.882. The van der Waals surface area contributed by atoms with E-state index in [1.807, 2.05) is 60.7 Å². The van der Waals surface area contributed by atoms with Crippen molar-refractivity contribution in [2.45, 2.75) is 23.1 Å². The first-order chi connectivity index (χ1) is 27.8. The molecule has 1 aliphatic carbocycles. The number of carbonyl (C=O) groups excluding carboxylic acids is 4. The van der Waals surface area contributed by atoms with Gasteiger partial charge in [-0.1, -0.05) is 90.6 Å². The van der Waals surface area contributed by atoms with Crippen molar-refractivity contribution >= 4 is 41.0 Å². The fourth-order valence-electron chi connectivity index (χ4n) is 7.25. The molecule has 10 nitrogen and oxygen atoms in total. The Morgan fingerprint density at radius 3 is 2.26 bits per heavy atom. The van der Waals surface area contributed by atoms with Crippen LogP contribution in [-0.4, -0.2) is 54.6 Å². The quantitative estimate of drug-likeness (QED) is 0.0717. The van der Waals surface area contributed by atoms with Crippen LogP contribution < -0.4 is 14.4 Å². The van der Waals surface area contributed by atoms with E-state index in [4.69, 9.17) is 19.2 Å². The van der Waals surface area contributed by atoms with Gasteiger partial charge in [-0.25, -0.2) is 14.7 Å². The van der Waals surface area contributed by atoms with E-state index in [1.165, 1.54) is 44.0 Å². The summed E-state index contributed by atoms with van der Waals surface area (Å²) in [6.07, 6.45) is 0.602. The number of benzene rings is 5. The molecule has 2 amide bonds. The molecular formula is C46H33N3O7S. The molecule has 11 heteroatoms. The zero-order valence-electron chi connectivity index (χ0n) is 30.9. The van der Waals surface area contributed by atoms with E-state index >= 15 is 0 Å². The molecule has 0 bridgehead atoms. The minimum absolute atomic E-state index is 0.135. The van der Waals surface area contributed by atoms with Crippen LogP contribution in [0.5, 0.6) is 11.5 Å². The number of nitrogens with zero attached hydrogens (tertiary/aromatic N) is 3. The lowest BCUT2D eigenvalue weighted by atomic mass is 9.98. The van der Waals surface area contributed by atoms with Crippen molar-refractivity contribution in [1.82, 2.24) is 4.98 Å². The Labute approximate surface area is 332 Å². The number of hydrogen-bond donors (Lipinski definition) is 0. The molecule has 1 aromatic heterocycles. The summed E-state index contributed by atoms with van der Waals surface area (Å²) in [6, 6.07) is 38.4. The van der Waals surface area contributed by atoms with Crippen LogP contribution >= 0.6 is 11.8 Å². The Kier molecular flexibility index (Phi) is 10.1. The van der Waals surface area contributed by atoms with Crippen molar-refractivity contribution in [3.8, 4) is 51.1 Å². The first-order valence-corrected chi connectivity index (χ1v) is 18.9. The highest BCUT2D eigenvalue weighted by molar-refractivity contribution is 8.00. The maximum Gasteiger partial charge on any atom is 0.338 e. The molecule has 2 aliphatic rings. The highest BCUT2D eigenvalue weighted by Crippen LogP contribution is 2.44. The van der Waals surface area contributed by atoms with Gasteiger partial charge in [-0.2, -0.15) is 5.26 Å². The first-order valence-electron chi connectivity index (χ1n) is 18.0. The van der Waals surface area contributed by atoms with Crippen molar-refractivity contribution in [3.63, 3.8) is 0 Å². The first kappa shape index (κ1) is 36.9. The van der Waals surface area contributed by atoms with Crippen LogP contribution in [0.25, 0.3) is 33.5 Å². The van der Waals surface area contributed by atoms with Crippen molar-refractivity contribution in [1.29, 1.82) is 5.26 Å². The molecule has 1 saturated heterocycles. The summed E-state index contributed by atoms with van der Waals surface area (Å²) >= 11 is 1.05. The predicted octanol–water partition coefficient (Wildman–Crippen LogP) is 8.34. The third-order valence-electron chi connectivity index (χ3n) is 10.0. The molecule has 1 unspecified atom stereocenters. The van der Waals surface area contributed by atoms with Gasteiger partial charge in [-0.05, 0) is 71.1 Å². The summed E-state index contributed by atoms with van der Waals surface area (Å²) in [5.41, 5.74) is 8.10. The number of nitriles is 1. The molecule has 1 atom stereocenters. The zero-order chi connectivity index (χ0) is 39.6. The van der Waals surface area contributed by atoms with Crippen LogP contribution in [0.1, 0.15) is 43.8 Å². The molecule has 0 radical (unpaired) electrons. The number of rotatable bonds is 11. The van der Waals surface area contributed by atoms with Gasteiger partial charge in [0.05, 0.1) is 42.0 Å². The summed E-state index contributed by atoms with van der Waals surface area (Å²) in [5, 5.41) is 9.90. The molecule has 1 aliphatic heterocycles. The van der Waals surface area contributed by atoms with Gasteiger partial charge in [0.2, 0.25) is 11.8 Å². The van der Waals surface area contributed by atoms with E-state index < -0.39 is 29.6 Å². The maximum atomic E-state index is 13.9. The van der Waals surface area contributed by atoms with Crippen LogP contribution in [0.15, 0.2) is 126 Å². The number of imide groups is 1. The number of ketones is 1. The predicted molar refractivity (Wildman–Crippen MR) is 215 cm³/mol. The van der Waals surface area contributed by atoms with E-state index in [2.05, 4.69) is 18.2 Å². The summed E-state index contributed by atoms with van der Waals surface area (Å²) < 4.78 is 16.6. The number of aromatic nitrogens is 1. The number of thioether (sulfide) groups is 1. The third-order valence-corrected chi connectivity index (χ3v) is 11.2. The molecule has 0 saturated carbocycles. The van der Waals surface area contributed by atoms with Crippen molar-refractivity contribution in [3.05, 3.63) is 149 Å². The summed E-state index contributed by atoms with van der Waals surface area (Å²) in [5.74, 6) is -1.06. The maximum absolute atomic E-state index is 13.9. The Bertz CT molecular complexity index is 2640. The number of fused-ring (bicyclic) bond motifs is 3. The van der Waals surface area contributed by atoms with Crippen LogP contribution in [0.2, 0.25) is 0 Å². The number of carbonyl (C=O) groups is 4. The molecule has 5 aromatic carbocycles. The van der Waals surface area contributed by atoms with E-state index in [0.717, 1.165) is 45.3 Å². The number of ether oxygens (including phenoxy) is 3. The van der Waals surface area contributed by atoms with Gasteiger partial charge in [-0.15, -0.1) is 0 Å². The molecule has 57 heavy (non-hydrogen) atoms. The topological polar surface area (TPSA) is 136 Å². The Balaban J connectivity index is 0.986. The van der Waals surface area contributed by atoms with Gasteiger partial charge >= 0.3 is 5.97 Å². The van der Waals surface area contributed by atoms with Gasteiger partial charge in [0.1, 0.15) is 11.1 Å². The lowest BCUT2D eigenvalue weighted by Crippen LogP contribution is -2.31. The van der Waals surface area contributed by atoms with Crippen LogP contribution in [0.4, 0.5) is 5.69 Å². The molecular weight excluding hydrogens is 739 g/mol. The molecule has 6 aromatic rings. The second-order valence-corrected chi connectivity index (χ2v) is 14.6. The number of esters is 1. The van der Waals surface area contributed by atoms with Gasteiger partial charge < -0.3 is 14.2 Å². The zero-order valence-corrected chi connectivity index (χ0v) is 31.7. The highest BCUT2D eigenvalue weighted by Gasteiger charge is 2.41. The van der Waals surface area contributed by atoms with E-state index in [9.17, 15) is 24.4 Å². The average molecular weight is 772 g/mol. The molecule has 0 spiro atoms. The number of para-hydroxylation sites is 1. The highest BCUT2D eigenvalue weighted by atomic mass is 32.2. The minimum Gasteiger partial charge on any atom is -0.493 e. The van der Waals surface area contributed by atoms with Crippen LogP contribution in [0, 0.1) is 11.3 Å². The normalized spacial score (nSPS) is 14.1. The SMILES string of the molecule is COc1cccc(-c2cc(-c3ccccc3)nc(SC3CC(=O)N(c4ccc(C(=O)OCC(=O)c5ccc6c(c5)Cc5ccccc5-6)cc4)C3=O)c2C#N)c1OC. The smallest absolute Gasteiger partial charge is 0.338 e. The third kappa shape index (κ3) is 7.03. The second-order valence-electron chi connectivity index (χ2n) is 13.4.